The quantitative estimate of drug-likeness (QED) is 0.442. The molecule has 0 aromatic heterocycles. The Kier molecular flexibility index (Phi) is 10.8. The summed E-state index contributed by atoms with van der Waals surface area (Å²) in [5.74, 6) is 1.81. The van der Waals surface area contributed by atoms with Crippen LogP contribution in [-0.2, 0) is 0 Å². The van der Waals surface area contributed by atoms with Crippen molar-refractivity contribution in [3.63, 3.8) is 0 Å². The second kappa shape index (κ2) is 10.5. The van der Waals surface area contributed by atoms with Gasteiger partial charge < -0.3 is 20.4 Å². The van der Waals surface area contributed by atoms with E-state index in [2.05, 4.69) is 13.8 Å². The van der Waals surface area contributed by atoms with Crippen molar-refractivity contribution in [3.8, 4) is 0 Å². The van der Waals surface area contributed by atoms with Crippen LogP contribution in [0.3, 0.4) is 0 Å². The highest BCUT2D eigenvalue weighted by atomic mass is 32.2. The minimum atomic E-state index is -1.29. The van der Waals surface area contributed by atoms with Crippen molar-refractivity contribution < 1.29 is 20.4 Å². The second-order valence-corrected chi connectivity index (χ2v) is 6.64. The molecule has 0 aliphatic carbocycles. The first-order valence-corrected chi connectivity index (χ1v) is 8.06. The Bertz CT molecular complexity index is 175. The molecule has 0 rings (SSSR count). The van der Waals surface area contributed by atoms with E-state index in [0.717, 1.165) is 24.3 Å². The molecule has 0 aromatic rings. The standard InChI is InChI=1S/C11H24O4S2/c1-3-5-16-11(17-6-4-2)10(15)9(14)8(13)7-12/h8-15H,3-7H2,1-2H3/t8-,9-,10+/m0/s1. The van der Waals surface area contributed by atoms with E-state index in [-0.39, 0.29) is 4.58 Å². The molecule has 0 saturated heterocycles. The molecule has 0 radical (unpaired) electrons. The minimum Gasteiger partial charge on any atom is -0.394 e. The van der Waals surface area contributed by atoms with E-state index in [0.29, 0.717) is 0 Å². The van der Waals surface area contributed by atoms with Crippen molar-refractivity contribution in [2.24, 2.45) is 0 Å². The lowest BCUT2D eigenvalue weighted by Gasteiger charge is -2.28. The van der Waals surface area contributed by atoms with Gasteiger partial charge in [-0.1, -0.05) is 13.8 Å². The Hall–Kier alpha value is 0.540. The van der Waals surface area contributed by atoms with Crippen LogP contribution in [0.25, 0.3) is 0 Å². The first kappa shape index (κ1) is 17.5. The summed E-state index contributed by atoms with van der Waals surface area (Å²) in [6.07, 6.45) is -1.60. The van der Waals surface area contributed by atoms with Gasteiger partial charge in [0, 0.05) is 0 Å². The van der Waals surface area contributed by atoms with Crippen LogP contribution in [-0.4, -0.2) is 61.4 Å². The molecule has 0 bridgehead atoms. The third kappa shape index (κ3) is 6.88. The molecule has 0 spiro atoms. The number of aliphatic hydroxyl groups is 4. The Labute approximate surface area is 112 Å². The van der Waals surface area contributed by atoms with E-state index in [1.165, 1.54) is 0 Å². The monoisotopic (exact) mass is 284 g/mol. The maximum atomic E-state index is 9.97. The molecular weight excluding hydrogens is 260 g/mol. The van der Waals surface area contributed by atoms with Crippen molar-refractivity contribution in [1.29, 1.82) is 0 Å². The molecule has 104 valence electrons. The fraction of sp³-hybridized carbons (Fsp3) is 1.00. The first-order valence-electron chi connectivity index (χ1n) is 5.96. The van der Waals surface area contributed by atoms with Gasteiger partial charge in [0.25, 0.3) is 0 Å². The van der Waals surface area contributed by atoms with Crippen LogP contribution >= 0.6 is 23.5 Å². The number of rotatable bonds is 10. The largest absolute Gasteiger partial charge is 0.394 e. The zero-order valence-electron chi connectivity index (χ0n) is 10.5. The number of hydrogen-bond acceptors (Lipinski definition) is 6. The molecule has 4 N–H and O–H groups in total. The maximum absolute atomic E-state index is 9.97. The van der Waals surface area contributed by atoms with Gasteiger partial charge in [0.15, 0.2) is 0 Å². The van der Waals surface area contributed by atoms with Gasteiger partial charge in [-0.15, -0.1) is 23.5 Å². The highest BCUT2D eigenvalue weighted by molar-refractivity contribution is 8.17. The molecule has 6 heteroatoms. The van der Waals surface area contributed by atoms with Gasteiger partial charge in [0.2, 0.25) is 0 Å². The summed E-state index contributed by atoms with van der Waals surface area (Å²) < 4.78 is -0.161. The number of thioether (sulfide) groups is 2. The van der Waals surface area contributed by atoms with Gasteiger partial charge in [0.05, 0.1) is 11.2 Å². The molecule has 3 atom stereocenters. The Morgan fingerprint density at radius 1 is 0.882 bits per heavy atom. The summed E-state index contributed by atoms with van der Waals surface area (Å²) in [4.78, 5) is 0. The fourth-order valence-corrected chi connectivity index (χ4v) is 3.82. The van der Waals surface area contributed by atoms with Gasteiger partial charge in [-0.25, -0.2) is 0 Å². The van der Waals surface area contributed by atoms with E-state index in [1.807, 2.05) is 0 Å². The molecule has 0 fully saturated rings. The molecule has 17 heavy (non-hydrogen) atoms. The van der Waals surface area contributed by atoms with Crippen molar-refractivity contribution in [2.75, 3.05) is 18.1 Å². The highest BCUT2D eigenvalue weighted by Gasteiger charge is 2.31. The highest BCUT2D eigenvalue weighted by Crippen LogP contribution is 2.30. The predicted octanol–water partition coefficient (Wildman–Crippen LogP) is 0.674. The summed E-state index contributed by atoms with van der Waals surface area (Å²) in [7, 11) is 0. The summed E-state index contributed by atoms with van der Waals surface area (Å²) in [5, 5.41) is 37.7. The van der Waals surface area contributed by atoms with Gasteiger partial charge in [0.1, 0.15) is 18.3 Å². The lowest BCUT2D eigenvalue weighted by Crippen LogP contribution is -2.44. The Morgan fingerprint density at radius 2 is 1.35 bits per heavy atom. The summed E-state index contributed by atoms with van der Waals surface area (Å²) in [6.45, 7) is 3.57. The molecule has 0 aromatic carbocycles. The third-order valence-electron chi connectivity index (χ3n) is 2.18. The summed E-state index contributed by atoms with van der Waals surface area (Å²) in [6, 6.07) is 0. The smallest absolute Gasteiger partial charge is 0.110 e. The van der Waals surface area contributed by atoms with E-state index in [9.17, 15) is 15.3 Å². The van der Waals surface area contributed by atoms with Crippen LogP contribution in [0.15, 0.2) is 0 Å². The van der Waals surface area contributed by atoms with Crippen LogP contribution in [0.1, 0.15) is 26.7 Å². The summed E-state index contributed by atoms with van der Waals surface area (Å²) in [5.41, 5.74) is 0. The van der Waals surface area contributed by atoms with E-state index in [1.54, 1.807) is 23.5 Å². The zero-order valence-corrected chi connectivity index (χ0v) is 12.1. The second-order valence-electron chi connectivity index (χ2n) is 3.84. The lowest BCUT2D eigenvalue weighted by atomic mass is 10.1. The van der Waals surface area contributed by atoms with E-state index >= 15 is 0 Å². The first-order chi connectivity index (χ1) is 8.08. The normalized spacial score (nSPS) is 17.1. The Balaban J connectivity index is 4.32. The molecule has 0 saturated carbocycles. The van der Waals surface area contributed by atoms with Crippen molar-refractivity contribution in [2.45, 2.75) is 49.6 Å². The van der Waals surface area contributed by atoms with Crippen LogP contribution in [0, 0.1) is 0 Å². The van der Waals surface area contributed by atoms with Gasteiger partial charge in [-0.3, -0.25) is 0 Å². The SMILES string of the molecule is CCCSC(SCCC)[C@H](O)[C@@H](O)[C@@H](O)CO. The minimum absolute atomic E-state index is 0.161. The average Bonchev–Trinajstić information content (AvgIpc) is 2.36. The molecule has 0 aliphatic heterocycles. The van der Waals surface area contributed by atoms with Gasteiger partial charge >= 0.3 is 0 Å². The lowest BCUT2D eigenvalue weighted by molar-refractivity contribution is -0.0706. The molecule has 0 heterocycles. The van der Waals surface area contributed by atoms with Gasteiger partial charge in [-0.2, -0.15) is 0 Å². The van der Waals surface area contributed by atoms with Crippen molar-refractivity contribution in [1.82, 2.24) is 0 Å². The number of hydrogen-bond donors (Lipinski definition) is 4. The molecule has 0 unspecified atom stereocenters. The molecule has 0 aliphatic rings. The maximum Gasteiger partial charge on any atom is 0.110 e. The third-order valence-corrected chi connectivity index (χ3v) is 5.50. The summed E-state index contributed by atoms with van der Waals surface area (Å²) >= 11 is 3.17. The molecule has 4 nitrogen and oxygen atoms in total. The van der Waals surface area contributed by atoms with Crippen molar-refractivity contribution >= 4 is 23.5 Å². The average molecular weight is 284 g/mol. The topological polar surface area (TPSA) is 80.9 Å². The van der Waals surface area contributed by atoms with Crippen molar-refractivity contribution in [3.05, 3.63) is 0 Å². The van der Waals surface area contributed by atoms with Crippen LogP contribution in [0.4, 0.5) is 0 Å². The van der Waals surface area contributed by atoms with E-state index in [4.69, 9.17) is 5.11 Å². The molecule has 0 amide bonds. The predicted molar refractivity (Wildman–Crippen MR) is 74.4 cm³/mol. The van der Waals surface area contributed by atoms with Crippen LogP contribution < -0.4 is 0 Å². The fourth-order valence-electron chi connectivity index (χ4n) is 1.21. The number of aliphatic hydroxyl groups excluding tert-OH is 4. The van der Waals surface area contributed by atoms with Crippen LogP contribution in [0.5, 0.6) is 0 Å². The van der Waals surface area contributed by atoms with Crippen LogP contribution in [0.2, 0.25) is 0 Å². The molecular formula is C11H24O4S2. The Morgan fingerprint density at radius 3 is 1.71 bits per heavy atom. The van der Waals surface area contributed by atoms with E-state index < -0.39 is 24.9 Å². The van der Waals surface area contributed by atoms with Gasteiger partial charge in [-0.05, 0) is 24.3 Å². The zero-order chi connectivity index (χ0) is 13.3.